The molecule has 0 heterocycles. The maximum Gasteiger partial charge on any atom is 0.326 e. The first-order valence-electron chi connectivity index (χ1n) is 3.54. The molecule has 0 aromatic carbocycles. The number of rotatable bonds is 4. The van der Waals surface area contributed by atoms with Gasteiger partial charge >= 0.3 is 5.97 Å². The Morgan fingerprint density at radius 3 is 2.18 bits per heavy atom. The van der Waals surface area contributed by atoms with Gasteiger partial charge in [0, 0.05) is 6.04 Å². The molecule has 66 valence electrons. The minimum Gasteiger partial charge on any atom is -0.480 e. The van der Waals surface area contributed by atoms with E-state index in [4.69, 9.17) is 10.2 Å². The third-order valence-electron chi connectivity index (χ3n) is 1.40. The first-order valence-corrected chi connectivity index (χ1v) is 3.54. The molecule has 11 heavy (non-hydrogen) atoms. The summed E-state index contributed by atoms with van der Waals surface area (Å²) in [6.07, 6.45) is 0. The summed E-state index contributed by atoms with van der Waals surface area (Å²) in [5.41, 5.74) is -1.21. The molecule has 0 aromatic rings. The zero-order chi connectivity index (χ0) is 9.07. The number of aliphatic hydroxyl groups is 1. The molecule has 4 heteroatoms. The van der Waals surface area contributed by atoms with E-state index < -0.39 is 18.1 Å². The van der Waals surface area contributed by atoms with E-state index in [9.17, 15) is 4.79 Å². The smallest absolute Gasteiger partial charge is 0.326 e. The second kappa shape index (κ2) is 3.69. The SMILES string of the molecule is CC(C)N[C@](C)(CO)C(=O)O. The van der Waals surface area contributed by atoms with Crippen molar-refractivity contribution in [2.75, 3.05) is 6.61 Å². The van der Waals surface area contributed by atoms with Crippen LogP contribution in [-0.2, 0) is 4.79 Å². The fourth-order valence-electron chi connectivity index (χ4n) is 0.812. The van der Waals surface area contributed by atoms with Crippen LogP contribution in [-0.4, -0.2) is 34.4 Å². The summed E-state index contributed by atoms with van der Waals surface area (Å²) in [5.74, 6) is -1.03. The molecule has 0 aliphatic rings. The Balaban J connectivity index is 4.22. The molecule has 0 unspecified atom stereocenters. The maximum absolute atomic E-state index is 10.6. The van der Waals surface area contributed by atoms with E-state index in [-0.39, 0.29) is 6.04 Å². The van der Waals surface area contributed by atoms with Crippen molar-refractivity contribution in [3.05, 3.63) is 0 Å². The lowest BCUT2D eigenvalue weighted by Crippen LogP contribution is -2.55. The summed E-state index contributed by atoms with van der Waals surface area (Å²) >= 11 is 0. The number of aliphatic hydroxyl groups excluding tert-OH is 1. The summed E-state index contributed by atoms with van der Waals surface area (Å²) in [7, 11) is 0. The van der Waals surface area contributed by atoms with Crippen LogP contribution in [0.4, 0.5) is 0 Å². The third-order valence-corrected chi connectivity index (χ3v) is 1.40. The zero-order valence-corrected chi connectivity index (χ0v) is 7.09. The van der Waals surface area contributed by atoms with E-state index >= 15 is 0 Å². The third kappa shape index (κ3) is 2.86. The van der Waals surface area contributed by atoms with E-state index in [0.717, 1.165) is 0 Å². The van der Waals surface area contributed by atoms with E-state index in [1.807, 2.05) is 13.8 Å². The second-order valence-corrected chi connectivity index (χ2v) is 3.09. The summed E-state index contributed by atoms with van der Waals surface area (Å²) in [4.78, 5) is 10.6. The van der Waals surface area contributed by atoms with Gasteiger partial charge in [0.25, 0.3) is 0 Å². The van der Waals surface area contributed by atoms with E-state index in [2.05, 4.69) is 5.32 Å². The highest BCUT2D eigenvalue weighted by Crippen LogP contribution is 2.03. The molecule has 0 saturated heterocycles. The molecule has 0 saturated carbocycles. The Bertz CT molecular complexity index is 147. The van der Waals surface area contributed by atoms with E-state index in [1.165, 1.54) is 6.92 Å². The van der Waals surface area contributed by atoms with Gasteiger partial charge in [0.05, 0.1) is 6.61 Å². The lowest BCUT2D eigenvalue weighted by atomic mass is 10.0. The first kappa shape index (κ1) is 10.4. The van der Waals surface area contributed by atoms with Crippen LogP contribution >= 0.6 is 0 Å². The lowest BCUT2D eigenvalue weighted by molar-refractivity contribution is -0.146. The maximum atomic E-state index is 10.6. The topological polar surface area (TPSA) is 69.6 Å². The highest BCUT2D eigenvalue weighted by atomic mass is 16.4. The van der Waals surface area contributed by atoms with Gasteiger partial charge in [-0.3, -0.25) is 10.1 Å². The summed E-state index contributed by atoms with van der Waals surface area (Å²) in [6.45, 7) is 4.71. The van der Waals surface area contributed by atoms with Gasteiger partial charge in [-0.15, -0.1) is 0 Å². The summed E-state index contributed by atoms with van der Waals surface area (Å²) in [5, 5.41) is 20.2. The van der Waals surface area contributed by atoms with Crippen LogP contribution in [0.1, 0.15) is 20.8 Å². The second-order valence-electron chi connectivity index (χ2n) is 3.09. The van der Waals surface area contributed by atoms with E-state index in [1.54, 1.807) is 0 Å². The minimum absolute atomic E-state index is 0.0447. The quantitative estimate of drug-likeness (QED) is 0.535. The Kier molecular flexibility index (Phi) is 3.48. The van der Waals surface area contributed by atoms with Crippen molar-refractivity contribution in [3.63, 3.8) is 0 Å². The molecular weight excluding hydrogens is 146 g/mol. The number of carboxylic acids is 1. The highest BCUT2D eigenvalue weighted by molar-refractivity contribution is 5.78. The monoisotopic (exact) mass is 161 g/mol. The van der Waals surface area contributed by atoms with Crippen molar-refractivity contribution < 1.29 is 15.0 Å². The molecule has 0 aromatic heterocycles. The Morgan fingerprint density at radius 2 is 2.09 bits per heavy atom. The van der Waals surface area contributed by atoms with Gasteiger partial charge in [-0.1, -0.05) is 0 Å². The number of carbonyl (C=O) groups is 1. The molecule has 3 N–H and O–H groups in total. The predicted octanol–water partition coefficient (Wildman–Crippen LogP) is -0.180. The fraction of sp³-hybridized carbons (Fsp3) is 0.857. The van der Waals surface area contributed by atoms with Gasteiger partial charge in [-0.25, -0.2) is 0 Å². The van der Waals surface area contributed by atoms with Crippen LogP contribution in [0.3, 0.4) is 0 Å². The Morgan fingerprint density at radius 1 is 1.64 bits per heavy atom. The molecule has 0 bridgehead atoms. The molecule has 0 radical (unpaired) electrons. The number of nitrogens with one attached hydrogen (secondary N) is 1. The van der Waals surface area contributed by atoms with Crippen molar-refractivity contribution in [2.45, 2.75) is 32.4 Å². The minimum atomic E-state index is -1.21. The normalized spacial score (nSPS) is 16.5. The van der Waals surface area contributed by atoms with Crippen molar-refractivity contribution in [1.82, 2.24) is 5.32 Å². The van der Waals surface area contributed by atoms with Gasteiger partial charge in [0.15, 0.2) is 0 Å². The molecule has 0 rings (SSSR count). The average molecular weight is 161 g/mol. The van der Waals surface area contributed by atoms with Crippen molar-refractivity contribution >= 4 is 5.97 Å². The van der Waals surface area contributed by atoms with E-state index in [0.29, 0.717) is 0 Å². The summed E-state index contributed by atoms with van der Waals surface area (Å²) < 4.78 is 0. The number of hydrogen-bond donors (Lipinski definition) is 3. The Hall–Kier alpha value is -0.610. The van der Waals surface area contributed by atoms with Crippen LogP contribution < -0.4 is 5.32 Å². The van der Waals surface area contributed by atoms with Gasteiger partial charge in [-0.2, -0.15) is 0 Å². The molecule has 4 nitrogen and oxygen atoms in total. The molecule has 1 atom stereocenters. The van der Waals surface area contributed by atoms with Crippen LogP contribution in [0, 0.1) is 0 Å². The molecule has 0 fully saturated rings. The summed E-state index contributed by atoms with van der Waals surface area (Å²) in [6, 6.07) is 0.0447. The standard InChI is InChI=1S/C7H15NO3/c1-5(2)8-7(3,4-9)6(10)11/h5,8-9H,4H2,1-3H3,(H,10,11)/t7-/m1/s1. The van der Waals surface area contributed by atoms with Gasteiger partial charge in [0.2, 0.25) is 0 Å². The fourth-order valence-corrected chi connectivity index (χ4v) is 0.812. The molecule has 0 spiro atoms. The highest BCUT2D eigenvalue weighted by Gasteiger charge is 2.32. The molecule has 0 aliphatic heterocycles. The molecular formula is C7H15NO3. The van der Waals surface area contributed by atoms with Crippen LogP contribution in [0.25, 0.3) is 0 Å². The van der Waals surface area contributed by atoms with Gasteiger partial charge in [-0.05, 0) is 20.8 Å². The lowest BCUT2D eigenvalue weighted by Gasteiger charge is -2.26. The molecule has 0 aliphatic carbocycles. The number of aliphatic carboxylic acids is 1. The van der Waals surface area contributed by atoms with Crippen molar-refractivity contribution in [1.29, 1.82) is 0 Å². The van der Waals surface area contributed by atoms with Gasteiger partial charge < -0.3 is 10.2 Å². The van der Waals surface area contributed by atoms with Crippen molar-refractivity contribution in [3.8, 4) is 0 Å². The van der Waals surface area contributed by atoms with Crippen molar-refractivity contribution in [2.24, 2.45) is 0 Å². The zero-order valence-electron chi connectivity index (χ0n) is 7.09. The largest absolute Gasteiger partial charge is 0.480 e. The van der Waals surface area contributed by atoms with Crippen LogP contribution in [0.15, 0.2) is 0 Å². The van der Waals surface area contributed by atoms with Crippen LogP contribution in [0.5, 0.6) is 0 Å². The number of hydrogen-bond acceptors (Lipinski definition) is 3. The molecule has 0 amide bonds. The predicted molar refractivity (Wildman–Crippen MR) is 41.4 cm³/mol. The first-order chi connectivity index (χ1) is 4.92. The average Bonchev–Trinajstić information content (AvgIpc) is 1.86. The van der Waals surface area contributed by atoms with Crippen LogP contribution in [0.2, 0.25) is 0 Å². The Labute approximate surface area is 66.2 Å². The number of carboxylic acid groups (broad SMARTS) is 1. The van der Waals surface area contributed by atoms with Gasteiger partial charge in [0.1, 0.15) is 5.54 Å².